The standard InChI is InChI=1S/C23H24N2O4S2/c1-17-5-11-20(12-6-17)31(27,28)15-14-30-23-21(4-3-13-24-23)22(26)25-16-18-7-9-19(29-2)10-8-18/h3-13H,14-16H2,1-2H3,(H,25,26). The van der Waals surface area contributed by atoms with Gasteiger partial charge >= 0.3 is 0 Å². The summed E-state index contributed by atoms with van der Waals surface area (Å²) < 4.78 is 30.2. The van der Waals surface area contributed by atoms with Gasteiger partial charge in [-0.15, -0.1) is 11.8 Å². The molecule has 0 saturated carbocycles. The van der Waals surface area contributed by atoms with Crippen molar-refractivity contribution in [1.82, 2.24) is 10.3 Å². The largest absolute Gasteiger partial charge is 0.497 e. The number of aromatic nitrogens is 1. The van der Waals surface area contributed by atoms with E-state index < -0.39 is 9.84 Å². The molecule has 162 valence electrons. The highest BCUT2D eigenvalue weighted by atomic mass is 32.2. The molecule has 8 heteroatoms. The summed E-state index contributed by atoms with van der Waals surface area (Å²) in [6, 6.07) is 17.6. The monoisotopic (exact) mass is 456 g/mol. The van der Waals surface area contributed by atoms with Crippen LogP contribution in [0.1, 0.15) is 21.5 Å². The molecule has 31 heavy (non-hydrogen) atoms. The van der Waals surface area contributed by atoms with Gasteiger partial charge in [0.05, 0.1) is 23.3 Å². The lowest BCUT2D eigenvalue weighted by atomic mass is 10.2. The summed E-state index contributed by atoms with van der Waals surface area (Å²) in [7, 11) is -1.79. The van der Waals surface area contributed by atoms with Gasteiger partial charge in [0.1, 0.15) is 10.8 Å². The van der Waals surface area contributed by atoms with Crippen molar-refractivity contribution in [3.8, 4) is 5.75 Å². The van der Waals surface area contributed by atoms with E-state index in [9.17, 15) is 13.2 Å². The van der Waals surface area contributed by atoms with Gasteiger partial charge in [0.25, 0.3) is 5.91 Å². The van der Waals surface area contributed by atoms with Crippen LogP contribution in [0.25, 0.3) is 0 Å². The third-order valence-electron chi connectivity index (χ3n) is 4.60. The smallest absolute Gasteiger partial charge is 0.254 e. The summed E-state index contributed by atoms with van der Waals surface area (Å²) >= 11 is 1.26. The molecule has 0 spiro atoms. The lowest BCUT2D eigenvalue weighted by Crippen LogP contribution is -2.23. The molecule has 0 saturated heterocycles. The molecule has 3 rings (SSSR count). The number of pyridine rings is 1. The highest BCUT2D eigenvalue weighted by molar-refractivity contribution is 8.00. The average Bonchev–Trinajstić information content (AvgIpc) is 2.78. The molecule has 1 aromatic heterocycles. The number of benzene rings is 2. The summed E-state index contributed by atoms with van der Waals surface area (Å²) in [6.45, 7) is 2.28. The lowest BCUT2D eigenvalue weighted by Gasteiger charge is -2.10. The van der Waals surface area contributed by atoms with Gasteiger partial charge in [0, 0.05) is 18.5 Å². The first-order chi connectivity index (χ1) is 14.9. The molecular weight excluding hydrogens is 432 g/mol. The predicted octanol–water partition coefficient (Wildman–Crippen LogP) is 3.89. The number of hydrogen-bond donors (Lipinski definition) is 1. The molecular formula is C23H24N2O4S2. The van der Waals surface area contributed by atoms with Crippen LogP contribution in [0, 0.1) is 6.92 Å². The number of ether oxygens (including phenoxy) is 1. The van der Waals surface area contributed by atoms with E-state index in [-0.39, 0.29) is 11.7 Å². The fourth-order valence-electron chi connectivity index (χ4n) is 2.81. The van der Waals surface area contributed by atoms with Crippen LogP contribution in [0.4, 0.5) is 0 Å². The van der Waals surface area contributed by atoms with Gasteiger partial charge in [-0.1, -0.05) is 29.8 Å². The fraction of sp³-hybridized carbons (Fsp3) is 0.217. The topological polar surface area (TPSA) is 85.4 Å². The minimum Gasteiger partial charge on any atom is -0.497 e. The Labute approximate surface area is 187 Å². The Balaban J connectivity index is 1.60. The Morgan fingerprint density at radius 3 is 2.45 bits per heavy atom. The zero-order valence-corrected chi connectivity index (χ0v) is 19.0. The maximum atomic E-state index is 12.7. The van der Waals surface area contributed by atoms with Crippen LogP contribution in [0.15, 0.2) is 76.8 Å². The summed E-state index contributed by atoms with van der Waals surface area (Å²) in [6.07, 6.45) is 1.59. The number of amides is 1. The van der Waals surface area contributed by atoms with E-state index in [0.717, 1.165) is 16.9 Å². The van der Waals surface area contributed by atoms with Crippen LogP contribution < -0.4 is 10.1 Å². The van der Waals surface area contributed by atoms with Gasteiger partial charge < -0.3 is 10.1 Å². The lowest BCUT2D eigenvalue weighted by molar-refractivity contribution is 0.0947. The molecule has 0 radical (unpaired) electrons. The van der Waals surface area contributed by atoms with Crippen molar-refractivity contribution in [3.63, 3.8) is 0 Å². The second kappa shape index (κ2) is 10.5. The summed E-state index contributed by atoms with van der Waals surface area (Å²) in [4.78, 5) is 17.2. The van der Waals surface area contributed by atoms with E-state index in [4.69, 9.17) is 4.74 Å². The molecule has 0 unspecified atom stereocenters. The number of hydrogen-bond acceptors (Lipinski definition) is 6. The van der Waals surface area contributed by atoms with Crippen molar-refractivity contribution < 1.29 is 17.9 Å². The van der Waals surface area contributed by atoms with E-state index in [1.807, 2.05) is 31.2 Å². The molecule has 2 aromatic carbocycles. The zero-order valence-electron chi connectivity index (χ0n) is 17.4. The number of carbonyl (C=O) groups excluding carboxylic acids is 1. The number of carbonyl (C=O) groups is 1. The van der Waals surface area contributed by atoms with E-state index in [1.54, 1.807) is 49.7 Å². The molecule has 0 aliphatic carbocycles. The average molecular weight is 457 g/mol. The van der Waals surface area contributed by atoms with Gasteiger partial charge in [0.15, 0.2) is 9.84 Å². The van der Waals surface area contributed by atoms with E-state index in [0.29, 0.717) is 27.8 Å². The number of aryl methyl sites for hydroxylation is 1. The van der Waals surface area contributed by atoms with Crippen LogP contribution in [0.3, 0.4) is 0 Å². The van der Waals surface area contributed by atoms with E-state index >= 15 is 0 Å². The van der Waals surface area contributed by atoms with Crippen molar-refractivity contribution in [2.45, 2.75) is 23.4 Å². The fourth-order valence-corrected chi connectivity index (χ4v) is 5.45. The first-order valence-corrected chi connectivity index (χ1v) is 12.3. The van der Waals surface area contributed by atoms with Crippen molar-refractivity contribution in [2.24, 2.45) is 0 Å². The Kier molecular flexibility index (Phi) is 7.70. The Hall–Kier alpha value is -2.84. The first-order valence-electron chi connectivity index (χ1n) is 9.67. The minimum atomic E-state index is -3.39. The predicted molar refractivity (Wildman–Crippen MR) is 122 cm³/mol. The highest BCUT2D eigenvalue weighted by Gasteiger charge is 2.17. The Morgan fingerprint density at radius 1 is 1.06 bits per heavy atom. The maximum Gasteiger partial charge on any atom is 0.254 e. The van der Waals surface area contributed by atoms with Crippen LogP contribution >= 0.6 is 11.8 Å². The molecule has 3 aromatic rings. The second-order valence-corrected chi connectivity index (χ2v) is 10.1. The maximum absolute atomic E-state index is 12.7. The summed E-state index contributed by atoms with van der Waals surface area (Å²) in [5.74, 6) is 0.755. The molecule has 0 bridgehead atoms. The number of sulfone groups is 1. The van der Waals surface area contributed by atoms with Crippen molar-refractivity contribution in [2.75, 3.05) is 18.6 Å². The number of methoxy groups -OCH3 is 1. The normalized spacial score (nSPS) is 11.2. The molecule has 0 fully saturated rings. The second-order valence-electron chi connectivity index (χ2n) is 6.87. The SMILES string of the molecule is COc1ccc(CNC(=O)c2cccnc2SCCS(=O)(=O)c2ccc(C)cc2)cc1. The number of nitrogens with zero attached hydrogens (tertiary/aromatic N) is 1. The van der Waals surface area contributed by atoms with E-state index in [1.165, 1.54) is 11.8 Å². The molecule has 1 amide bonds. The van der Waals surface area contributed by atoms with E-state index in [2.05, 4.69) is 10.3 Å². The van der Waals surface area contributed by atoms with Gasteiger partial charge in [0.2, 0.25) is 0 Å². The molecule has 0 aliphatic rings. The van der Waals surface area contributed by atoms with Gasteiger partial charge in [-0.3, -0.25) is 4.79 Å². The first kappa shape index (κ1) is 22.8. The van der Waals surface area contributed by atoms with Gasteiger partial charge in [-0.2, -0.15) is 0 Å². The van der Waals surface area contributed by atoms with Crippen molar-refractivity contribution in [1.29, 1.82) is 0 Å². The minimum absolute atomic E-state index is 0.0375. The van der Waals surface area contributed by atoms with Gasteiger partial charge in [-0.05, 0) is 48.9 Å². The third kappa shape index (κ3) is 6.32. The molecule has 1 heterocycles. The Bertz CT molecular complexity index is 1130. The summed E-state index contributed by atoms with van der Waals surface area (Å²) in [5, 5.41) is 3.39. The number of nitrogens with one attached hydrogen (secondary N) is 1. The van der Waals surface area contributed by atoms with Gasteiger partial charge in [-0.25, -0.2) is 13.4 Å². The van der Waals surface area contributed by atoms with Crippen molar-refractivity contribution in [3.05, 3.63) is 83.6 Å². The Morgan fingerprint density at radius 2 is 1.77 bits per heavy atom. The number of rotatable bonds is 9. The van der Waals surface area contributed by atoms with Crippen LogP contribution in [-0.2, 0) is 16.4 Å². The molecule has 0 atom stereocenters. The quantitative estimate of drug-likeness (QED) is 0.492. The van der Waals surface area contributed by atoms with Crippen LogP contribution in [-0.4, -0.2) is 37.9 Å². The third-order valence-corrected chi connectivity index (χ3v) is 7.60. The zero-order chi connectivity index (χ0) is 22.3. The van der Waals surface area contributed by atoms with Crippen LogP contribution in [0.5, 0.6) is 5.75 Å². The van der Waals surface area contributed by atoms with Crippen LogP contribution in [0.2, 0.25) is 0 Å². The highest BCUT2D eigenvalue weighted by Crippen LogP contribution is 2.22. The molecule has 6 nitrogen and oxygen atoms in total. The summed E-state index contributed by atoms with van der Waals surface area (Å²) in [5.41, 5.74) is 2.37. The number of thioether (sulfide) groups is 1. The van der Waals surface area contributed by atoms with Crippen molar-refractivity contribution >= 4 is 27.5 Å². The molecule has 0 aliphatic heterocycles. The molecule has 1 N–H and O–H groups in total.